The van der Waals surface area contributed by atoms with Crippen molar-refractivity contribution in [1.29, 1.82) is 0 Å². The molecule has 26 heavy (non-hydrogen) atoms. The third-order valence-electron chi connectivity index (χ3n) is 4.72. The molecule has 4 rings (SSSR count). The molecule has 132 valence electrons. The molecule has 0 unspecified atom stereocenters. The maximum atomic E-state index is 13.4. The number of aromatic nitrogens is 2. The van der Waals surface area contributed by atoms with E-state index in [9.17, 15) is 4.79 Å². The average Bonchev–Trinajstić information content (AvgIpc) is 3.03. The first-order valence-corrected chi connectivity index (χ1v) is 9.72. The van der Waals surface area contributed by atoms with Gasteiger partial charge in [-0.1, -0.05) is 35.9 Å². The molecule has 0 aliphatic heterocycles. The predicted octanol–water partition coefficient (Wildman–Crippen LogP) is 4.76. The van der Waals surface area contributed by atoms with E-state index in [0.29, 0.717) is 10.6 Å². The van der Waals surface area contributed by atoms with Crippen molar-refractivity contribution >= 4 is 37.6 Å². The van der Waals surface area contributed by atoms with Crippen LogP contribution in [0.1, 0.15) is 19.4 Å². The van der Waals surface area contributed by atoms with E-state index in [1.165, 1.54) is 16.9 Å². The quantitative estimate of drug-likeness (QED) is 0.525. The molecule has 2 aromatic heterocycles. The van der Waals surface area contributed by atoms with Crippen LogP contribution in [0.2, 0.25) is 0 Å². The molecule has 0 aliphatic carbocycles. The lowest BCUT2D eigenvalue weighted by atomic mass is 10.2. The van der Waals surface area contributed by atoms with Crippen LogP contribution in [-0.2, 0) is 0 Å². The third kappa shape index (κ3) is 2.59. The summed E-state index contributed by atoms with van der Waals surface area (Å²) < 4.78 is 3.56. The fourth-order valence-corrected chi connectivity index (χ4v) is 4.35. The number of nitrogens with zero attached hydrogens (tertiary/aromatic N) is 3. The Morgan fingerprint density at radius 2 is 1.73 bits per heavy atom. The molecule has 4 aromatic rings. The Morgan fingerprint density at radius 1 is 1.04 bits per heavy atom. The summed E-state index contributed by atoms with van der Waals surface area (Å²) >= 11 is 1.52. The van der Waals surface area contributed by atoms with Crippen molar-refractivity contribution in [1.82, 2.24) is 9.55 Å². The van der Waals surface area contributed by atoms with Crippen molar-refractivity contribution in [3.63, 3.8) is 0 Å². The van der Waals surface area contributed by atoms with Crippen LogP contribution in [0.3, 0.4) is 0 Å². The normalized spacial score (nSPS) is 11.3. The van der Waals surface area contributed by atoms with E-state index in [-0.39, 0.29) is 5.56 Å². The summed E-state index contributed by atoms with van der Waals surface area (Å²) in [4.78, 5) is 20.5. The summed E-state index contributed by atoms with van der Waals surface area (Å²) in [7, 11) is 0. The highest BCUT2D eigenvalue weighted by atomic mass is 32.1. The lowest BCUT2D eigenvalue weighted by Gasteiger charge is -2.23. The van der Waals surface area contributed by atoms with Gasteiger partial charge in [-0.05, 0) is 39.0 Å². The molecule has 0 atom stereocenters. The van der Waals surface area contributed by atoms with Crippen molar-refractivity contribution in [3.8, 4) is 5.69 Å². The minimum atomic E-state index is 0.00181. The van der Waals surface area contributed by atoms with Crippen LogP contribution in [0.4, 0.5) is 5.95 Å². The zero-order valence-corrected chi connectivity index (χ0v) is 16.0. The third-order valence-corrected chi connectivity index (χ3v) is 5.86. The van der Waals surface area contributed by atoms with Crippen LogP contribution >= 0.6 is 11.3 Å². The molecule has 0 radical (unpaired) electrons. The summed E-state index contributed by atoms with van der Waals surface area (Å²) in [6.07, 6.45) is 0. The first kappa shape index (κ1) is 16.8. The van der Waals surface area contributed by atoms with E-state index in [1.807, 2.05) is 49.4 Å². The minimum Gasteiger partial charge on any atom is -0.342 e. The van der Waals surface area contributed by atoms with E-state index in [1.54, 1.807) is 4.57 Å². The average molecular weight is 363 g/mol. The first-order valence-electron chi connectivity index (χ1n) is 8.90. The molecule has 0 N–H and O–H groups in total. The van der Waals surface area contributed by atoms with E-state index >= 15 is 0 Å². The molecule has 4 nitrogen and oxygen atoms in total. The van der Waals surface area contributed by atoms with Crippen LogP contribution in [-0.4, -0.2) is 22.6 Å². The van der Waals surface area contributed by atoms with Crippen LogP contribution in [0.15, 0.2) is 53.3 Å². The van der Waals surface area contributed by atoms with Gasteiger partial charge < -0.3 is 4.90 Å². The van der Waals surface area contributed by atoms with Gasteiger partial charge in [0, 0.05) is 23.2 Å². The van der Waals surface area contributed by atoms with E-state index < -0.39 is 0 Å². The molecule has 0 bridgehead atoms. The Balaban J connectivity index is 2.12. The minimum absolute atomic E-state index is 0.00181. The smallest absolute Gasteiger partial charge is 0.277 e. The van der Waals surface area contributed by atoms with Crippen LogP contribution in [0.25, 0.3) is 26.0 Å². The zero-order chi connectivity index (χ0) is 18.3. The number of fused-ring (bicyclic) bond motifs is 3. The van der Waals surface area contributed by atoms with Crippen molar-refractivity contribution in [2.45, 2.75) is 20.8 Å². The Hall–Kier alpha value is -2.66. The summed E-state index contributed by atoms with van der Waals surface area (Å²) in [6, 6.07) is 16.1. The van der Waals surface area contributed by atoms with Crippen molar-refractivity contribution < 1.29 is 0 Å². The van der Waals surface area contributed by atoms with Crippen molar-refractivity contribution in [2.24, 2.45) is 0 Å². The summed E-state index contributed by atoms with van der Waals surface area (Å²) in [6.45, 7) is 7.81. The fourth-order valence-electron chi connectivity index (χ4n) is 3.28. The lowest BCUT2D eigenvalue weighted by Crippen LogP contribution is -2.31. The van der Waals surface area contributed by atoms with Crippen LogP contribution in [0.5, 0.6) is 0 Å². The zero-order valence-electron chi connectivity index (χ0n) is 15.2. The Morgan fingerprint density at radius 3 is 2.42 bits per heavy atom. The molecule has 0 saturated carbocycles. The summed E-state index contributed by atoms with van der Waals surface area (Å²) in [5.41, 5.74) is 2.83. The van der Waals surface area contributed by atoms with Gasteiger partial charge in [0.15, 0.2) is 0 Å². The fraction of sp³-hybridized carbons (Fsp3) is 0.238. The number of anilines is 1. The van der Waals surface area contributed by atoms with Gasteiger partial charge >= 0.3 is 0 Å². The van der Waals surface area contributed by atoms with Gasteiger partial charge in [-0.15, -0.1) is 11.3 Å². The highest BCUT2D eigenvalue weighted by Gasteiger charge is 2.19. The number of aryl methyl sites for hydroxylation is 1. The number of thiophene rings is 1. The maximum Gasteiger partial charge on any atom is 0.277 e. The Bertz CT molecular complexity index is 1140. The van der Waals surface area contributed by atoms with Gasteiger partial charge in [-0.25, -0.2) is 9.55 Å². The summed E-state index contributed by atoms with van der Waals surface area (Å²) in [5, 5.41) is 1.05. The molecule has 0 spiro atoms. The molecular formula is C21H21N3OS. The van der Waals surface area contributed by atoms with Gasteiger partial charge in [-0.2, -0.15) is 0 Å². The van der Waals surface area contributed by atoms with E-state index in [0.717, 1.165) is 34.4 Å². The SMILES string of the molecule is CCN(CC)c1nc2c(sc3ccccc32)c(=O)n1-c1ccc(C)cc1. The highest BCUT2D eigenvalue weighted by molar-refractivity contribution is 7.25. The standard InChI is InChI=1S/C21H21N3OS/c1-4-23(5-2)21-22-18-16-8-6-7-9-17(16)26-19(18)20(25)24(21)15-12-10-14(3)11-13-15/h6-13H,4-5H2,1-3H3. The molecule has 0 saturated heterocycles. The van der Waals surface area contributed by atoms with E-state index in [2.05, 4.69) is 24.8 Å². The van der Waals surface area contributed by atoms with Gasteiger partial charge in [-0.3, -0.25) is 4.79 Å². The number of hydrogen-bond donors (Lipinski definition) is 0. The molecule has 5 heteroatoms. The predicted molar refractivity (Wildman–Crippen MR) is 111 cm³/mol. The highest BCUT2D eigenvalue weighted by Crippen LogP contribution is 2.32. The lowest BCUT2D eigenvalue weighted by molar-refractivity contribution is 0.787. The maximum absolute atomic E-state index is 13.4. The Kier molecular flexibility index (Phi) is 4.24. The largest absolute Gasteiger partial charge is 0.342 e. The second-order valence-corrected chi connectivity index (χ2v) is 7.39. The Labute approximate surface area is 156 Å². The van der Waals surface area contributed by atoms with Crippen LogP contribution < -0.4 is 10.5 Å². The molecule has 0 fully saturated rings. The van der Waals surface area contributed by atoms with E-state index in [4.69, 9.17) is 4.98 Å². The van der Waals surface area contributed by atoms with Crippen LogP contribution in [0, 0.1) is 6.92 Å². The molecule has 2 heterocycles. The van der Waals surface area contributed by atoms with Gasteiger partial charge in [0.05, 0.1) is 11.2 Å². The molecular weight excluding hydrogens is 342 g/mol. The topological polar surface area (TPSA) is 38.1 Å². The van der Waals surface area contributed by atoms with Gasteiger partial charge in [0.2, 0.25) is 5.95 Å². The monoisotopic (exact) mass is 363 g/mol. The first-order chi connectivity index (χ1) is 12.6. The number of benzene rings is 2. The second kappa shape index (κ2) is 6.57. The number of hydrogen-bond acceptors (Lipinski definition) is 4. The molecule has 0 aliphatic rings. The second-order valence-electron chi connectivity index (χ2n) is 6.34. The van der Waals surface area contributed by atoms with Gasteiger partial charge in [0.25, 0.3) is 5.56 Å². The molecule has 0 amide bonds. The molecule has 2 aromatic carbocycles. The van der Waals surface area contributed by atoms with Gasteiger partial charge in [0.1, 0.15) is 4.70 Å². The summed E-state index contributed by atoms with van der Waals surface area (Å²) in [5.74, 6) is 0.708. The van der Waals surface area contributed by atoms with Crippen molar-refractivity contribution in [2.75, 3.05) is 18.0 Å². The van der Waals surface area contributed by atoms with Crippen molar-refractivity contribution in [3.05, 3.63) is 64.4 Å². The number of rotatable bonds is 4.